The van der Waals surface area contributed by atoms with Gasteiger partial charge in [0.15, 0.2) is 0 Å². The topological polar surface area (TPSA) is 27.7 Å². The lowest BCUT2D eigenvalue weighted by molar-refractivity contribution is 0.218. The van der Waals surface area contributed by atoms with Gasteiger partial charge < -0.3 is 14.0 Å². The molecule has 0 bridgehead atoms. The maximum absolute atomic E-state index is 5.41. The summed E-state index contributed by atoms with van der Waals surface area (Å²) in [6.07, 6.45) is 2.14. The van der Waals surface area contributed by atoms with Crippen LogP contribution in [0.4, 0.5) is 0 Å². The maximum Gasteiger partial charge on any atom is 0.788 e. The summed E-state index contributed by atoms with van der Waals surface area (Å²) in [6, 6.07) is 7.57. The fraction of sp³-hybridized carbons (Fsp3) is 0.400. The number of hydrogen-bond donors (Lipinski definition) is 0. The van der Waals surface area contributed by atoms with Crippen LogP contribution in [0.5, 0.6) is 11.5 Å². The maximum atomic E-state index is 5.41. The van der Waals surface area contributed by atoms with Crippen LogP contribution in [-0.4, -0.2) is 13.9 Å². The number of rotatable bonds is 4. The van der Waals surface area contributed by atoms with Gasteiger partial charge in [-0.2, -0.15) is 0 Å². The van der Waals surface area contributed by atoms with Crippen molar-refractivity contribution in [2.24, 2.45) is 0 Å². The zero-order chi connectivity index (χ0) is 9.80. The average Bonchev–Trinajstić information content (AvgIpc) is 2.60. The van der Waals surface area contributed by atoms with Crippen molar-refractivity contribution in [1.82, 2.24) is 0 Å². The molecule has 1 aromatic rings. The molecule has 74 valence electrons. The molecule has 0 spiro atoms. The molecule has 0 aromatic heterocycles. The van der Waals surface area contributed by atoms with Crippen molar-refractivity contribution in [2.45, 2.75) is 19.8 Å². The Balaban J connectivity index is 1.86. The zero-order valence-corrected chi connectivity index (χ0v) is 8.23. The van der Waals surface area contributed by atoms with Gasteiger partial charge in [0.25, 0.3) is 0 Å². The lowest BCUT2D eigenvalue weighted by Crippen LogP contribution is -2.29. The summed E-state index contributed by atoms with van der Waals surface area (Å²) in [5.74, 6) is 1.52. The highest BCUT2D eigenvalue weighted by Gasteiger charge is 2.34. The first-order valence-electron chi connectivity index (χ1n) is 4.94. The second kappa shape index (κ2) is 4.37. The Hall–Kier alpha value is -1.16. The summed E-state index contributed by atoms with van der Waals surface area (Å²) in [4.78, 5) is 0. The molecule has 1 aromatic carbocycles. The second-order valence-corrected chi connectivity index (χ2v) is 3.20. The van der Waals surface area contributed by atoms with Gasteiger partial charge in [0.2, 0.25) is 0 Å². The standard InChI is InChI=1S/C10H13BO3/c1-2-3-8-12-11-13-9-6-4-5-7-10(9)14-11/h4-7H,2-3,8H2,1H3. The summed E-state index contributed by atoms with van der Waals surface area (Å²) in [5.41, 5.74) is 0. The van der Waals surface area contributed by atoms with Gasteiger partial charge in [-0.25, -0.2) is 0 Å². The summed E-state index contributed by atoms with van der Waals surface area (Å²) in [5, 5.41) is 0. The molecule has 0 amide bonds. The molecule has 14 heavy (non-hydrogen) atoms. The third-order valence-corrected chi connectivity index (χ3v) is 2.05. The summed E-state index contributed by atoms with van der Waals surface area (Å²) < 4.78 is 16.2. The van der Waals surface area contributed by atoms with Crippen LogP contribution >= 0.6 is 0 Å². The minimum atomic E-state index is -0.557. The quantitative estimate of drug-likeness (QED) is 0.540. The van der Waals surface area contributed by atoms with Crippen molar-refractivity contribution in [3.05, 3.63) is 24.3 Å². The van der Waals surface area contributed by atoms with E-state index < -0.39 is 7.32 Å². The lowest BCUT2D eigenvalue weighted by Gasteiger charge is -2.03. The molecule has 2 rings (SSSR count). The molecule has 0 unspecified atom stereocenters. The van der Waals surface area contributed by atoms with E-state index in [0.717, 1.165) is 24.3 Å². The number of hydrogen-bond acceptors (Lipinski definition) is 3. The van der Waals surface area contributed by atoms with Gasteiger partial charge in [-0.15, -0.1) is 0 Å². The molecule has 1 heterocycles. The van der Waals surface area contributed by atoms with Crippen LogP contribution in [0.3, 0.4) is 0 Å². The van der Waals surface area contributed by atoms with Crippen LogP contribution in [0.15, 0.2) is 24.3 Å². The Morgan fingerprint density at radius 3 is 2.43 bits per heavy atom. The SMILES string of the molecule is CCCCOB1Oc2ccccc2O1. The van der Waals surface area contributed by atoms with Crippen molar-refractivity contribution in [1.29, 1.82) is 0 Å². The molecule has 3 nitrogen and oxygen atoms in total. The van der Waals surface area contributed by atoms with Gasteiger partial charge in [-0.3, -0.25) is 0 Å². The van der Waals surface area contributed by atoms with Gasteiger partial charge >= 0.3 is 7.32 Å². The predicted octanol–water partition coefficient (Wildman–Crippen LogP) is 2.26. The van der Waals surface area contributed by atoms with E-state index in [1.54, 1.807) is 0 Å². The van der Waals surface area contributed by atoms with Crippen molar-refractivity contribution in [3.8, 4) is 11.5 Å². The monoisotopic (exact) mass is 192 g/mol. The van der Waals surface area contributed by atoms with Crippen LogP contribution < -0.4 is 9.31 Å². The highest BCUT2D eigenvalue weighted by atomic mass is 16.8. The normalized spacial score (nSPS) is 13.4. The minimum Gasteiger partial charge on any atom is -0.498 e. The largest absolute Gasteiger partial charge is 0.788 e. The molecule has 0 aliphatic carbocycles. The predicted molar refractivity (Wildman–Crippen MR) is 54.3 cm³/mol. The van der Waals surface area contributed by atoms with Gasteiger partial charge in [-0.05, 0) is 18.6 Å². The van der Waals surface area contributed by atoms with E-state index in [1.165, 1.54) is 0 Å². The highest BCUT2D eigenvalue weighted by molar-refractivity contribution is 6.40. The zero-order valence-electron chi connectivity index (χ0n) is 8.23. The summed E-state index contributed by atoms with van der Waals surface area (Å²) in [6.45, 7) is 2.80. The lowest BCUT2D eigenvalue weighted by atomic mass is 10.2. The Morgan fingerprint density at radius 1 is 1.21 bits per heavy atom. The van der Waals surface area contributed by atoms with E-state index in [0.29, 0.717) is 6.61 Å². The summed E-state index contributed by atoms with van der Waals surface area (Å²) >= 11 is 0. The van der Waals surface area contributed by atoms with E-state index in [9.17, 15) is 0 Å². The van der Waals surface area contributed by atoms with Gasteiger partial charge in [-0.1, -0.05) is 25.5 Å². The van der Waals surface area contributed by atoms with Crippen molar-refractivity contribution < 1.29 is 14.0 Å². The van der Waals surface area contributed by atoms with Crippen molar-refractivity contribution in [2.75, 3.05) is 6.61 Å². The van der Waals surface area contributed by atoms with Crippen LogP contribution in [0.25, 0.3) is 0 Å². The molecular formula is C10H13BO3. The van der Waals surface area contributed by atoms with Crippen LogP contribution in [-0.2, 0) is 4.65 Å². The molecule has 1 aliphatic heterocycles. The van der Waals surface area contributed by atoms with Crippen LogP contribution in [0.2, 0.25) is 0 Å². The summed E-state index contributed by atoms with van der Waals surface area (Å²) in [7, 11) is -0.557. The molecule has 0 atom stereocenters. The van der Waals surface area contributed by atoms with Crippen molar-refractivity contribution >= 4 is 7.32 Å². The average molecular weight is 192 g/mol. The van der Waals surface area contributed by atoms with Gasteiger partial charge in [0.05, 0.1) is 0 Å². The molecule has 0 saturated heterocycles. The van der Waals surface area contributed by atoms with E-state index in [1.807, 2.05) is 24.3 Å². The Morgan fingerprint density at radius 2 is 1.86 bits per heavy atom. The van der Waals surface area contributed by atoms with Crippen LogP contribution in [0.1, 0.15) is 19.8 Å². The van der Waals surface area contributed by atoms with Crippen LogP contribution in [0, 0.1) is 0 Å². The molecule has 0 saturated carbocycles. The van der Waals surface area contributed by atoms with E-state index in [2.05, 4.69) is 6.92 Å². The van der Waals surface area contributed by atoms with Crippen molar-refractivity contribution in [3.63, 3.8) is 0 Å². The first-order valence-corrected chi connectivity index (χ1v) is 4.94. The minimum absolute atomic E-state index is 0.557. The fourth-order valence-corrected chi connectivity index (χ4v) is 1.27. The Bertz CT molecular complexity index is 278. The van der Waals surface area contributed by atoms with Gasteiger partial charge in [0.1, 0.15) is 11.5 Å². The number of fused-ring (bicyclic) bond motifs is 1. The van der Waals surface area contributed by atoms with E-state index >= 15 is 0 Å². The first kappa shape index (κ1) is 9.40. The number of benzene rings is 1. The Labute approximate surface area is 84.2 Å². The molecule has 4 heteroatoms. The smallest absolute Gasteiger partial charge is 0.498 e. The van der Waals surface area contributed by atoms with E-state index in [-0.39, 0.29) is 0 Å². The molecule has 1 aliphatic rings. The first-order chi connectivity index (χ1) is 6.90. The molecule has 0 N–H and O–H groups in total. The fourth-order valence-electron chi connectivity index (χ4n) is 1.27. The third-order valence-electron chi connectivity index (χ3n) is 2.05. The Kier molecular flexibility index (Phi) is 2.94. The molecular weight excluding hydrogens is 179 g/mol. The number of para-hydroxylation sites is 2. The second-order valence-electron chi connectivity index (χ2n) is 3.20. The van der Waals surface area contributed by atoms with Gasteiger partial charge in [0, 0.05) is 6.61 Å². The third kappa shape index (κ3) is 2.01. The highest BCUT2D eigenvalue weighted by Crippen LogP contribution is 2.32. The number of unbranched alkanes of at least 4 members (excludes halogenated alkanes) is 1. The molecule has 0 radical (unpaired) electrons. The molecule has 0 fully saturated rings. The van der Waals surface area contributed by atoms with E-state index in [4.69, 9.17) is 14.0 Å².